The van der Waals surface area contributed by atoms with Crippen LogP contribution in [0, 0.1) is 29.1 Å². The van der Waals surface area contributed by atoms with Gasteiger partial charge in [-0.1, -0.05) is 26.8 Å². The van der Waals surface area contributed by atoms with Crippen LogP contribution in [0.15, 0.2) is 23.0 Å². The van der Waals surface area contributed by atoms with E-state index in [-0.39, 0.29) is 23.4 Å². The molecule has 0 bridgehead atoms. The van der Waals surface area contributed by atoms with Crippen LogP contribution in [0.1, 0.15) is 60.8 Å². The highest BCUT2D eigenvalue weighted by molar-refractivity contribution is 6.07. The Morgan fingerprint density at radius 3 is 2.38 bits per heavy atom. The summed E-state index contributed by atoms with van der Waals surface area (Å²) in [7, 11) is 2.66. The number of fused-ring (bicyclic) bond motifs is 2. The molecule has 8 heteroatoms. The maximum atomic E-state index is 13.7. The van der Waals surface area contributed by atoms with Gasteiger partial charge in [0.1, 0.15) is 17.5 Å². The second-order valence-electron chi connectivity index (χ2n) is 10.4. The van der Waals surface area contributed by atoms with Gasteiger partial charge in [-0.3, -0.25) is 14.4 Å². The van der Waals surface area contributed by atoms with Crippen LogP contribution in [0.3, 0.4) is 0 Å². The van der Waals surface area contributed by atoms with Crippen molar-refractivity contribution >= 4 is 23.7 Å². The molecule has 0 N–H and O–H groups in total. The Balaban J connectivity index is 2.15. The summed E-state index contributed by atoms with van der Waals surface area (Å²) in [6.07, 6.45) is 2.41. The van der Waals surface area contributed by atoms with Crippen molar-refractivity contribution in [3.8, 4) is 0 Å². The van der Waals surface area contributed by atoms with Crippen LogP contribution in [0.25, 0.3) is 0 Å². The van der Waals surface area contributed by atoms with Gasteiger partial charge < -0.3 is 18.9 Å². The van der Waals surface area contributed by atoms with Gasteiger partial charge in [-0.15, -0.1) is 0 Å². The van der Waals surface area contributed by atoms with Gasteiger partial charge in [0.15, 0.2) is 5.41 Å². The Morgan fingerprint density at radius 1 is 1.18 bits per heavy atom. The minimum absolute atomic E-state index is 0.0321. The van der Waals surface area contributed by atoms with E-state index in [4.69, 9.17) is 18.9 Å². The zero-order valence-electron chi connectivity index (χ0n) is 21.4. The van der Waals surface area contributed by atoms with Gasteiger partial charge in [0.05, 0.1) is 20.1 Å². The normalized spacial score (nSPS) is 36.6. The SMILES string of the molecule is COC(=O)[C@@]1(C)C(=O)O[C@@H]2C(C)=CC[C@H]3C(C(C)C)=C(OC)C(=O)O[C@]3(C)CC[C@@H](C)C(=O)[C@H]21. The van der Waals surface area contributed by atoms with Gasteiger partial charge in [-0.05, 0) is 57.1 Å². The average molecular weight is 477 g/mol. The molecule has 6 atom stereocenters. The number of methoxy groups -OCH3 is 2. The first-order valence-electron chi connectivity index (χ1n) is 11.8. The molecule has 1 aliphatic carbocycles. The number of carbonyl (C=O) groups is 4. The lowest BCUT2D eigenvalue weighted by atomic mass is 9.69. The van der Waals surface area contributed by atoms with Crippen LogP contribution < -0.4 is 0 Å². The number of rotatable bonds is 3. The number of hydrogen-bond donors (Lipinski definition) is 0. The van der Waals surface area contributed by atoms with Gasteiger partial charge in [0.25, 0.3) is 0 Å². The molecular weight excluding hydrogens is 440 g/mol. The van der Waals surface area contributed by atoms with Crippen LogP contribution in [0.5, 0.6) is 0 Å². The number of allylic oxidation sites excluding steroid dienone is 1. The average Bonchev–Trinajstić information content (AvgIpc) is 3.05. The summed E-state index contributed by atoms with van der Waals surface area (Å²) in [6, 6.07) is 0. The van der Waals surface area contributed by atoms with Crippen LogP contribution in [0.2, 0.25) is 0 Å². The molecule has 0 amide bonds. The molecule has 188 valence electrons. The van der Waals surface area contributed by atoms with Gasteiger partial charge in [-0.2, -0.15) is 0 Å². The number of hydrogen-bond acceptors (Lipinski definition) is 8. The first kappa shape index (κ1) is 26.0. The topological polar surface area (TPSA) is 105 Å². The minimum Gasteiger partial charge on any atom is -0.490 e. The van der Waals surface area contributed by atoms with Crippen molar-refractivity contribution in [2.75, 3.05) is 14.2 Å². The lowest BCUT2D eigenvalue weighted by Gasteiger charge is -2.43. The predicted octanol–water partition coefficient (Wildman–Crippen LogP) is 3.53. The third-order valence-electron chi connectivity index (χ3n) is 7.89. The number of carbonyl (C=O) groups excluding carboxylic acids is 4. The Labute approximate surface area is 201 Å². The zero-order chi connectivity index (χ0) is 25.6. The number of esters is 3. The van der Waals surface area contributed by atoms with E-state index < -0.39 is 46.9 Å². The van der Waals surface area contributed by atoms with Crippen LogP contribution in [0.4, 0.5) is 0 Å². The van der Waals surface area contributed by atoms with Crippen LogP contribution in [-0.4, -0.2) is 49.6 Å². The molecule has 0 aromatic carbocycles. The third-order valence-corrected chi connectivity index (χ3v) is 7.89. The van der Waals surface area contributed by atoms with Gasteiger partial charge in [-0.25, -0.2) is 4.79 Å². The van der Waals surface area contributed by atoms with E-state index in [0.717, 1.165) is 5.57 Å². The molecule has 0 spiro atoms. The van der Waals surface area contributed by atoms with Gasteiger partial charge in [0, 0.05) is 11.8 Å². The summed E-state index contributed by atoms with van der Waals surface area (Å²) < 4.78 is 21.9. The van der Waals surface area contributed by atoms with E-state index in [1.807, 2.05) is 26.8 Å². The molecule has 0 saturated carbocycles. The van der Waals surface area contributed by atoms with E-state index in [1.54, 1.807) is 13.8 Å². The quantitative estimate of drug-likeness (QED) is 0.264. The first-order chi connectivity index (χ1) is 15.8. The van der Waals surface area contributed by atoms with E-state index in [1.165, 1.54) is 21.1 Å². The fourth-order valence-electron chi connectivity index (χ4n) is 5.72. The maximum absolute atomic E-state index is 13.7. The van der Waals surface area contributed by atoms with Crippen molar-refractivity contribution in [3.05, 3.63) is 23.0 Å². The summed E-state index contributed by atoms with van der Waals surface area (Å²) >= 11 is 0. The molecule has 1 fully saturated rings. The first-order valence-corrected chi connectivity index (χ1v) is 11.8. The summed E-state index contributed by atoms with van der Waals surface area (Å²) in [4.78, 5) is 52.1. The summed E-state index contributed by atoms with van der Waals surface area (Å²) in [6.45, 7) is 10.9. The third kappa shape index (κ3) is 3.95. The standard InChI is InChI=1S/C26H36O8/c1-13(2)17-16-10-9-15(4)20-18(26(6,23(29)32-8)24(30)33-20)19(27)14(3)11-12-25(16,5)34-22(28)21(17)31-7/h9,13-14,16,18,20H,10-12H2,1-8H3/t14-,16+,18-,20-,25-,26+/m1/s1. The monoisotopic (exact) mass is 476 g/mol. The lowest BCUT2D eigenvalue weighted by molar-refractivity contribution is -0.168. The zero-order valence-corrected chi connectivity index (χ0v) is 21.4. The molecule has 3 rings (SSSR count). The van der Waals surface area contributed by atoms with Crippen LogP contribution >= 0.6 is 0 Å². The van der Waals surface area contributed by atoms with Gasteiger partial charge >= 0.3 is 17.9 Å². The molecule has 0 aromatic rings. The van der Waals surface area contributed by atoms with Crippen molar-refractivity contribution < 1.29 is 38.1 Å². The molecular formula is C26H36O8. The molecule has 0 radical (unpaired) electrons. The molecule has 3 aliphatic rings. The fraction of sp³-hybridized carbons (Fsp3) is 0.692. The lowest BCUT2D eigenvalue weighted by Crippen LogP contribution is -2.47. The largest absolute Gasteiger partial charge is 0.490 e. The molecule has 0 aromatic heterocycles. The molecule has 8 nitrogen and oxygen atoms in total. The molecule has 0 unspecified atom stereocenters. The van der Waals surface area contributed by atoms with Crippen molar-refractivity contribution in [3.63, 3.8) is 0 Å². The van der Waals surface area contributed by atoms with Gasteiger partial charge in [0.2, 0.25) is 5.76 Å². The number of Topliss-reactive ketones (excluding diaryl/α,β-unsaturated/α-hetero) is 1. The highest BCUT2D eigenvalue weighted by Gasteiger charge is 2.63. The van der Waals surface area contributed by atoms with Crippen LogP contribution in [-0.2, 0) is 38.1 Å². The molecule has 2 aliphatic heterocycles. The highest BCUT2D eigenvalue weighted by Crippen LogP contribution is 2.49. The second-order valence-corrected chi connectivity index (χ2v) is 10.4. The molecule has 1 saturated heterocycles. The Morgan fingerprint density at radius 2 is 1.82 bits per heavy atom. The second kappa shape index (κ2) is 9.19. The van der Waals surface area contributed by atoms with E-state index in [2.05, 4.69) is 0 Å². The van der Waals surface area contributed by atoms with Crippen molar-refractivity contribution in [1.82, 2.24) is 0 Å². The summed E-state index contributed by atoms with van der Waals surface area (Å²) in [5.74, 6) is -3.68. The van der Waals surface area contributed by atoms with Crippen molar-refractivity contribution in [1.29, 1.82) is 0 Å². The van der Waals surface area contributed by atoms with Crippen molar-refractivity contribution in [2.24, 2.45) is 29.1 Å². The Hall–Kier alpha value is -2.64. The molecule has 34 heavy (non-hydrogen) atoms. The van der Waals surface area contributed by atoms with E-state index in [0.29, 0.717) is 24.8 Å². The summed E-state index contributed by atoms with van der Waals surface area (Å²) in [5, 5.41) is 0. The maximum Gasteiger partial charge on any atom is 0.374 e. The molecule has 2 heterocycles. The van der Waals surface area contributed by atoms with E-state index >= 15 is 0 Å². The Bertz CT molecular complexity index is 960. The Kier molecular flexibility index (Phi) is 7.02. The van der Waals surface area contributed by atoms with Crippen molar-refractivity contribution in [2.45, 2.75) is 72.5 Å². The number of ketones is 1. The van der Waals surface area contributed by atoms with E-state index in [9.17, 15) is 19.2 Å². The smallest absolute Gasteiger partial charge is 0.374 e. The minimum atomic E-state index is -1.72. The predicted molar refractivity (Wildman–Crippen MR) is 122 cm³/mol. The fourth-order valence-corrected chi connectivity index (χ4v) is 5.72. The number of ether oxygens (including phenoxy) is 4. The summed E-state index contributed by atoms with van der Waals surface area (Å²) in [5.41, 5.74) is -1.01. The highest BCUT2D eigenvalue weighted by atomic mass is 16.6.